The van der Waals surface area contributed by atoms with Crippen LogP contribution in [0.15, 0.2) is 35.9 Å². The third kappa shape index (κ3) is 7.49. The molecule has 0 aliphatic carbocycles. The smallest absolute Gasteiger partial charge is 0.337 e. The topological polar surface area (TPSA) is 113 Å². The highest BCUT2D eigenvalue weighted by molar-refractivity contribution is 5.75. The molecule has 198 valence electrons. The van der Waals surface area contributed by atoms with Crippen molar-refractivity contribution in [3.8, 4) is 5.75 Å². The van der Waals surface area contributed by atoms with E-state index in [9.17, 15) is 15.0 Å². The van der Waals surface area contributed by atoms with E-state index in [1.54, 1.807) is 26.4 Å². The summed E-state index contributed by atoms with van der Waals surface area (Å²) in [7, 11) is 4.35. The fourth-order valence-corrected chi connectivity index (χ4v) is 4.50. The number of hydrogen-bond acceptors (Lipinski definition) is 9. The van der Waals surface area contributed by atoms with Crippen LogP contribution in [0.25, 0.3) is 0 Å². The fraction of sp³-hybridized carbons (Fsp3) is 0.654. The lowest BCUT2D eigenvalue weighted by Gasteiger charge is -2.45. The number of aliphatic hydroxyl groups is 2. The van der Waals surface area contributed by atoms with E-state index >= 15 is 0 Å². The molecule has 1 aliphatic rings. The number of carbonyl (C=O) groups is 1. The van der Waals surface area contributed by atoms with Crippen LogP contribution >= 0.6 is 0 Å². The van der Waals surface area contributed by atoms with Crippen LogP contribution < -0.4 is 4.74 Å². The molecule has 0 unspecified atom stereocenters. The van der Waals surface area contributed by atoms with Crippen molar-refractivity contribution < 1.29 is 43.4 Å². The molecule has 1 heterocycles. The maximum Gasteiger partial charge on any atom is 0.337 e. The Kier molecular flexibility index (Phi) is 11.6. The molecule has 0 radical (unpaired) electrons. The van der Waals surface area contributed by atoms with Gasteiger partial charge in [-0.25, -0.2) is 4.79 Å². The van der Waals surface area contributed by atoms with Crippen LogP contribution in [0.2, 0.25) is 0 Å². The predicted molar refractivity (Wildman–Crippen MR) is 129 cm³/mol. The molecule has 1 fully saturated rings. The maximum atomic E-state index is 12.2. The van der Waals surface area contributed by atoms with Gasteiger partial charge < -0.3 is 38.6 Å². The molecule has 35 heavy (non-hydrogen) atoms. The van der Waals surface area contributed by atoms with Crippen molar-refractivity contribution in [2.24, 2.45) is 17.8 Å². The van der Waals surface area contributed by atoms with Gasteiger partial charge in [-0.05, 0) is 30.5 Å². The molecular weight excluding hydrogens is 456 g/mol. The van der Waals surface area contributed by atoms with Gasteiger partial charge in [0, 0.05) is 31.1 Å². The molecule has 0 aromatic heterocycles. The maximum absolute atomic E-state index is 12.2. The molecule has 2 N–H and O–H groups in total. The number of ether oxygens (including phenoxy) is 6. The minimum absolute atomic E-state index is 0.0137. The number of carbonyl (C=O) groups excluding carboxylic acids is 1. The molecular formula is C26H40O9. The van der Waals surface area contributed by atoms with Crippen molar-refractivity contribution in [3.05, 3.63) is 41.5 Å². The molecule has 0 amide bonds. The first-order valence-corrected chi connectivity index (χ1v) is 11.8. The summed E-state index contributed by atoms with van der Waals surface area (Å²) in [4.78, 5) is 12.2. The second kappa shape index (κ2) is 13.9. The van der Waals surface area contributed by atoms with Crippen LogP contribution in [0.3, 0.4) is 0 Å². The summed E-state index contributed by atoms with van der Waals surface area (Å²) < 4.78 is 33.7. The van der Waals surface area contributed by atoms with Crippen LogP contribution in [0.1, 0.15) is 39.5 Å². The lowest BCUT2D eigenvalue weighted by atomic mass is 9.81. The Morgan fingerprint density at radius 2 is 1.74 bits per heavy atom. The van der Waals surface area contributed by atoms with Gasteiger partial charge in [0.05, 0.1) is 26.4 Å². The van der Waals surface area contributed by atoms with E-state index in [4.69, 9.17) is 28.4 Å². The number of esters is 1. The molecule has 8 atom stereocenters. The van der Waals surface area contributed by atoms with E-state index in [0.717, 1.165) is 5.57 Å². The Morgan fingerprint density at radius 3 is 2.29 bits per heavy atom. The summed E-state index contributed by atoms with van der Waals surface area (Å²) in [6.07, 6.45) is -2.10. The Labute approximate surface area is 207 Å². The first-order chi connectivity index (χ1) is 16.7. The van der Waals surface area contributed by atoms with Crippen LogP contribution in [0, 0.1) is 17.8 Å². The van der Waals surface area contributed by atoms with Gasteiger partial charge in [0.15, 0.2) is 12.4 Å². The highest BCUT2D eigenvalue weighted by Gasteiger charge is 2.47. The Bertz CT molecular complexity index is 810. The zero-order chi connectivity index (χ0) is 26.1. The van der Waals surface area contributed by atoms with Gasteiger partial charge in [0.25, 0.3) is 0 Å². The average molecular weight is 497 g/mol. The largest absolute Gasteiger partial charge is 0.497 e. The molecule has 9 heteroatoms. The highest BCUT2D eigenvalue weighted by atomic mass is 16.7. The van der Waals surface area contributed by atoms with Crippen molar-refractivity contribution in [2.75, 3.05) is 34.7 Å². The molecule has 0 spiro atoms. The first-order valence-electron chi connectivity index (χ1n) is 11.8. The lowest BCUT2D eigenvalue weighted by molar-refractivity contribution is -0.300. The van der Waals surface area contributed by atoms with Gasteiger partial charge in [0.1, 0.15) is 18.6 Å². The monoisotopic (exact) mass is 496 g/mol. The van der Waals surface area contributed by atoms with Gasteiger partial charge in [-0.2, -0.15) is 0 Å². The van der Waals surface area contributed by atoms with Crippen LogP contribution in [-0.2, 0) is 28.5 Å². The Balaban J connectivity index is 2.43. The van der Waals surface area contributed by atoms with Crippen LogP contribution in [0.4, 0.5) is 0 Å². The van der Waals surface area contributed by atoms with Gasteiger partial charge >= 0.3 is 5.97 Å². The quantitative estimate of drug-likeness (QED) is 0.256. The van der Waals surface area contributed by atoms with Gasteiger partial charge in [-0.3, -0.25) is 0 Å². The van der Waals surface area contributed by atoms with E-state index < -0.39 is 36.7 Å². The average Bonchev–Trinajstić information content (AvgIpc) is 2.87. The number of hydrogen-bond donors (Lipinski definition) is 2. The van der Waals surface area contributed by atoms with E-state index in [1.165, 1.54) is 7.11 Å². The minimum Gasteiger partial charge on any atom is -0.497 e. The zero-order valence-corrected chi connectivity index (χ0v) is 21.7. The number of methoxy groups -OCH3 is 3. The summed E-state index contributed by atoms with van der Waals surface area (Å²) >= 11 is 0. The van der Waals surface area contributed by atoms with Crippen LogP contribution in [0.5, 0.6) is 5.75 Å². The summed E-state index contributed by atoms with van der Waals surface area (Å²) in [6.45, 7) is 7.79. The van der Waals surface area contributed by atoms with E-state index in [-0.39, 0.29) is 31.2 Å². The van der Waals surface area contributed by atoms with Crippen molar-refractivity contribution in [1.29, 1.82) is 0 Å². The van der Waals surface area contributed by atoms with E-state index in [0.29, 0.717) is 11.3 Å². The number of rotatable bonds is 12. The molecule has 0 saturated carbocycles. The van der Waals surface area contributed by atoms with Crippen molar-refractivity contribution in [2.45, 2.75) is 58.4 Å². The number of benzene rings is 1. The van der Waals surface area contributed by atoms with E-state index in [1.807, 2.05) is 45.9 Å². The van der Waals surface area contributed by atoms with Gasteiger partial charge in [0.2, 0.25) is 0 Å². The van der Waals surface area contributed by atoms with Crippen molar-refractivity contribution >= 4 is 5.97 Å². The lowest BCUT2D eigenvalue weighted by Crippen LogP contribution is -2.53. The highest BCUT2D eigenvalue weighted by Crippen LogP contribution is 2.40. The second-order valence-corrected chi connectivity index (χ2v) is 9.06. The third-order valence-corrected chi connectivity index (χ3v) is 6.39. The standard InChI is InChI=1S/C26H40O9/c1-15(13-27)12-16(2)22(33-14-30-5)17(3)23-18(4)24(21(28)25(29)32-7)35-26(34-23)19-8-10-20(31-6)11-9-19/h8-12,15,17-18,21-24,26-28H,13-14H2,1-7H3/b16-12+/t15-,17+,18+,21+,22-,23-,24-,26-/m0/s1. The fourth-order valence-electron chi connectivity index (χ4n) is 4.50. The molecule has 1 aliphatic heterocycles. The first kappa shape index (κ1) is 29.2. The third-order valence-electron chi connectivity index (χ3n) is 6.39. The molecule has 1 saturated heterocycles. The Hall–Kier alpha value is -2.01. The normalized spacial score (nSPS) is 26.5. The van der Waals surface area contributed by atoms with E-state index in [2.05, 4.69) is 0 Å². The second-order valence-electron chi connectivity index (χ2n) is 9.06. The summed E-state index contributed by atoms with van der Waals surface area (Å²) in [5, 5.41) is 20.2. The van der Waals surface area contributed by atoms with Crippen molar-refractivity contribution in [1.82, 2.24) is 0 Å². The molecule has 1 aromatic rings. The minimum atomic E-state index is -1.49. The molecule has 1 aromatic carbocycles. The van der Waals surface area contributed by atoms with Gasteiger partial charge in [-0.1, -0.05) is 39.0 Å². The Morgan fingerprint density at radius 1 is 1.11 bits per heavy atom. The van der Waals surface area contributed by atoms with Gasteiger partial charge in [-0.15, -0.1) is 0 Å². The summed E-state index contributed by atoms with van der Waals surface area (Å²) in [6, 6.07) is 7.21. The predicted octanol–water partition coefficient (Wildman–Crippen LogP) is 2.85. The molecule has 2 rings (SSSR count). The van der Waals surface area contributed by atoms with Crippen molar-refractivity contribution in [3.63, 3.8) is 0 Å². The van der Waals surface area contributed by atoms with Crippen LogP contribution in [-0.4, -0.2) is 75.3 Å². The number of aliphatic hydroxyl groups excluding tert-OH is 2. The molecule has 9 nitrogen and oxygen atoms in total. The zero-order valence-electron chi connectivity index (χ0n) is 21.7. The summed E-state index contributed by atoms with van der Waals surface area (Å²) in [5.74, 6) is -0.751. The SMILES string of the molecule is COCO[C@@H](/C(C)=C/[C@H](C)CO)[C@@H](C)[C@@H]1O[C@H](c2ccc(OC)cc2)O[C@H]([C@@H](O)C(=O)OC)[C@@H]1C. The summed E-state index contributed by atoms with van der Waals surface area (Å²) in [5.41, 5.74) is 1.64. The molecule has 0 bridgehead atoms.